The van der Waals surface area contributed by atoms with Crippen LogP contribution < -0.4 is 10.1 Å². The third-order valence-corrected chi connectivity index (χ3v) is 6.31. The van der Waals surface area contributed by atoms with Gasteiger partial charge < -0.3 is 15.2 Å². The minimum Gasteiger partial charge on any atom is -0.490 e. The van der Waals surface area contributed by atoms with Crippen LogP contribution in [0.2, 0.25) is 0 Å². The highest BCUT2D eigenvalue weighted by molar-refractivity contribution is 5.91. The molecule has 2 aliphatic rings. The van der Waals surface area contributed by atoms with Crippen LogP contribution in [0.1, 0.15) is 41.6 Å². The molecular weight excluding hydrogens is 412 g/mol. The molecule has 0 spiro atoms. The summed E-state index contributed by atoms with van der Waals surface area (Å²) >= 11 is 0. The van der Waals surface area contributed by atoms with Gasteiger partial charge in [0.25, 0.3) is 0 Å². The first-order valence-electron chi connectivity index (χ1n) is 10.1. The van der Waals surface area contributed by atoms with Crippen molar-refractivity contribution < 1.29 is 27.4 Å². The molecule has 8 heteroatoms. The van der Waals surface area contributed by atoms with Crippen LogP contribution in [0.3, 0.4) is 0 Å². The number of aromatic nitrogens is 1. The van der Waals surface area contributed by atoms with Crippen LogP contribution in [0.25, 0.3) is 10.9 Å². The molecule has 0 radical (unpaired) electrons. The molecule has 2 aromatic carbocycles. The third kappa shape index (κ3) is 3.04. The summed E-state index contributed by atoms with van der Waals surface area (Å²) in [6.07, 6.45) is -5.18. The molecule has 2 N–H and O–H groups in total. The number of benzene rings is 2. The number of fused-ring (bicyclic) bond motifs is 1. The molecule has 0 bridgehead atoms. The lowest BCUT2D eigenvalue weighted by Gasteiger charge is -2.47. The number of hydrogen-bond donors (Lipinski definition) is 2. The quantitative estimate of drug-likeness (QED) is 0.533. The van der Waals surface area contributed by atoms with Crippen LogP contribution >= 0.6 is 0 Å². The van der Waals surface area contributed by atoms with Crippen molar-refractivity contribution in [3.8, 4) is 5.75 Å². The van der Waals surface area contributed by atoms with E-state index in [4.69, 9.17) is 4.74 Å². The molecule has 1 aliphatic heterocycles. The minimum absolute atomic E-state index is 0.0139. The Morgan fingerprint density at radius 2 is 1.97 bits per heavy atom. The SMILES string of the molecule is Cc1ccc2c(NC3c4ccc(F)c5c4C(CCO5)CC3(O)C(F)(F)F)cccc2n1. The fraction of sp³-hybridized carbons (Fsp3) is 0.348. The molecule has 0 saturated heterocycles. The first-order chi connectivity index (χ1) is 14.7. The number of nitrogens with one attached hydrogen (secondary N) is 1. The summed E-state index contributed by atoms with van der Waals surface area (Å²) in [5.41, 5.74) is -0.611. The normalized spacial score (nSPS) is 25.1. The van der Waals surface area contributed by atoms with Gasteiger partial charge in [0.05, 0.1) is 18.2 Å². The summed E-state index contributed by atoms with van der Waals surface area (Å²) in [6.45, 7) is 1.94. The van der Waals surface area contributed by atoms with E-state index in [9.17, 15) is 22.7 Å². The molecule has 0 amide bonds. The summed E-state index contributed by atoms with van der Waals surface area (Å²) in [4.78, 5) is 4.42. The van der Waals surface area contributed by atoms with Crippen LogP contribution in [-0.4, -0.2) is 28.5 Å². The Balaban J connectivity index is 1.70. The highest BCUT2D eigenvalue weighted by Gasteiger charge is 2.63. The average Bonchev–Trinajstić information content (AvgIpc) is 2.71. The molecule has 4 nitrogen and oxygen atoms in total. The third-order valence-electron chi connectivity index (χ3n) is 6.31. The van der Waals surface area contributed by atoms with Gasteiger partial charge in [-0.25, -0.2) is 4.39 Å². The maximum absolute atomic E-state index is 14.4. The van der Waals surface area contributed by atoms with Crippen LogP contribution in [0.4, 0.5) is 23.2 Å². The van der Waals surface area contributed by atoms with Gasteiger partial charge in [-0.1, -0.05) is 12.1 Å². The number of nitrogens with zero attached hydrogens (tertiary/aromatic N) is 1. The van der Waals surface area contributed by atoms with Crippen LogP contribution in [0, 0.1) is 12.7 Å². The molecular formula is C23H20F4N2O2. The fourth-order valence-electron chi connectivity index (χ4n) is 4.82. The molecule has 3 aromatic rings. The molecule has 2 heterocycles. The van der Waals surface area contributed by atoms with Crippen molar-refractivity contribution in [3.05, 3.63) is 65.1 Å². The van der Waals surface area contributed by atoms with Gasteiger partial charge in [-0.3, -0.25) is 4.98 Å². The Bertz CT molecular complexity index is 1180. The van der Waals surface area contributed by atoms with E-state index in [0.717, 1.165) is 11.8 Å². The van der Waals surface area contributed by atoms with E-state index in [0.29, 0.717) is 22.2 Å². The number of aliphatic hydroxyl groups is 1. The van der Waals surface area contributed by atoms with Crippen LogP contribution in [-0.2, 0) is 0 Å². The number of aryl methyl sites for hydroxylation is 1. The Kier molecular flexibility index (Phi) is 4.41. The predicted molar refractivity (Wildman–Crippen MR) is 108 cm³/mol. The lowest BCUT2D eigenvalue weighted by Crippen LogP contribution is -2.56. The number of halogens is 4. The Morgan fingerprint density at radius 1 is 1.16 bits per heavy atom. The highest BCUT2D eigenvalue weighted by Crippen LogP contribution is 2.56. The van der Waals surface area contributed by atoms with E-state index in [-0.39, 0.29) is 24.3 Å². The molecule has 31 heavy (non-hydrogen) atoms. The smallest absolute Gasteiger partial charge is 0.419 e. The summed E-state index contributed by atoms with van der Waals surface area (Å²) in [7, 11) is 0. The van der Waals surface area contributed by atoms with Gasteiger partial charge in [-0.15, -0.1) is 0 Å². The molecule has 162 valence electrons. The van der Waals surface area contributed by atoms with E-state index in [1.54, 1.807) is 30.3 Å². The summed E-state index contributed by atoms with van der Waals surface area (Å²) in [6, 6.07) is 9.54. The van der Waals surface area contributed by atoms with Gasteiger partial charge in [0.15, 0.2) is 17.2 Å². The maximum atomic E-state index is 14.4. The molecule has 3 atom stereocenters. The number of pyridine rings is 1. The summed E-state index contributed by atoms with van der Waals surface area (Å²) in [5.74, 6) is -1.26. The van der Waals surface area contributed by atoms with Gasteiger partial charge in [0.1, 0.15) is 0 Å². The van der Waals surface area contributed by atoms with Crippen molar-refractivity contribution in [1.82, 2.24) is 4.98 Å². The summed E-state index contributed by atoms with van der Waals surface area (Å²) in [5, 5.41) is 14.6. The topological polar surface area (TPSA) is 54.4 Å². The first kappa shape index (κ1) is 20.1. The largest absolute Gasteiger partial charge is 0.490 e. The maximum Gasteiger partial charge on any atom is 0.419 e. The monoisotopic (exact) mass is 432 g/mol. The Labute approximate surface area is 175 Å². The van der Waals surface area contributed by atoms with Gasteiger partial charge in [0, 0.05) is 22.3 Å². The van der Waals surface area contributed by atoms with E-state index < -0.39 is 36.0 Å². The number of ether oxygens (including phenoxy) is 1. The van der Waals surface area contributed by atoms with Gasteiger partial charge in [-0.2, -0.15) is 13.2 Å². The minimum atomic E-state index is -4.89. The predicted octanol–water partition coefficient (Wildman–Crippen LogP) is 5.40. The zero-order valence-corrected chi connectivity index (χ0v) is 16.6. The molecule has 0 fully saturated rings. The molecule has 1 aliphatic carbocycles. The lowest BCUT2D eigenvalue weighted by molar-refractivity contribution is -0.273. The lowest BCUT2D eigenvalue weighted by atomic mass is 9.68. The van der Waals surface area contributed by atoms with Crippen molar-refractivity contribution in [2.75, 3.05) is 11.9 Å². The number of alkyl halides is 3. The van der Waals surface area contributed by atoms with Crippen molar-refractivity contribution in [1.29, 1.82) is 0 Å². The Hall–Kier alpha value is -2.87. The van der Waals surface area contributed by atoms with Crippen molar-refractivity contribution in [2.24, 2.45) is 0 Å². The van der Waals surface area contributed by atoms with Crippen LogP contribution in [0.15, 0.2) is 42.5 Å². The van der Waals surface area contributed by atoms with E-state index in [2.05, 4.69) is 10.3 Å². The molecule has 3 unspecified atom stereocenters. The summed E-state index contributed by atoms with van der Waals surface area (Å²) < 4.78 is 62.6. The molecule has 1 aromatic heterocycles. The number of anilines is 1. The van der Waals surface area contributed by atoms with E-state index in [1.165, 1.54) is 6.07 Å². The second-order valence-corrected chi connectivity index (χ2v) is 8.24. The van der Waals surface area contributed by atoms with E-state index in [1.807, 2.05) is 6.92 Å². The van der Waals surface area contributed by atoms with Crippen molar-refractivity contribution in [2.45, 2.75) is 43.5 Å². The average molecular weight is 432 g/mol. The van der Waals surface area contributed by atoms with Gasteiger partial charge in [0.2, 0.25) is 0 Å². The number of hydrogen-bond acceptors (Lipinski definition) is 4. The number of rotatable bonds is 2. The van der Waals surface area contributed by atoms with Crippen LogP contribution in [0.5, 0.6) is 5.75 Å². The van der Waals surface area contributed by atoms with E-state index >= 15 is 0 Å². The molecule has 0 saturated carbocycles. The zero-order chi connectivity index (χ0) is 22.0. The first-order valence-corrected chi connectivity index (χ1v) is 10.1. The zero-order valence-electron chi connectivity index (χ0n) is 16.6. The molecule has 5 rings (SSSR count). The fourth-order valence-corrected chi connectivity index (χ4v) is 4.82. The highest BCUT2D eigenvalue weighted by atomic mass is 19.4. The second kappa shape index (κ2) is 6.82. The van der Waals surface area contributed by atoms with Gasteiger partial charge in [-0.05, 0) is 61.6 Å². The van der Waals surface area contributed by atoms with Gasteiger partial charge >= 0.3 is 6.18 Å². The van der Waals surface area contributed by atoms with Crippen molar-refractivity contribution >= 4 is 16.6 Å². The second-order valence-electron chi connectivity index (χ2n) is 8.24. The Morgan fingerprint density at radius 3 is 2.74 bits per heavy atom. The van der Waals surface area contributed by atoms with Crippen molar-refractivity contribution in [3.63, 3.8) is 0 Å². The standard InChI is InChI=1S/C23H20F4N2O2/c1-12-5-6-14-17(28-12)3-2-4-18(14)29-21-15-7-8-16(24)20-19(15)13(9-10-31-20)11-22(21,30)23(25,26)27/h2-8,13,21,29-30H,9-11H2,1H3.